The van der Waals surface area contributed by atoms with Gasteiger partial charge in [0.05, 0.1) is 6.54 Å². The van der Waals surface area contributed by atoms with Crippen molar-refractivity contribution in [1.82, 2.24) is 10.2 Å². The monoisotopic (exact) mass is 275 g/mol. The van der Waals surface area contributed by atoms with Crippen LogP contribution in [0, 0.1) is 13.8 Å². The van der Waals surface area contributed by atoms with Crippen LogP contribution >= 0.6 is 0 Å². The Morgan fingerprint density at radius 3 is 2.95 bits per heavy atom. The molecular formula is C16H25N3O. The Morgan fingerprint density at radius 2 is 2.20 bits per heavy atom. The van der Waals surface area contributed by atoms with E-state index in [2.05, 4.69) is 21.6 Å². The van der Waals surface area contributed by atoms with Gasteiger partial charge in [-0.05, 0) is 57.5 Å². The van der Waals surface area contributed by atoms with Crippen LogP contribution in [0.3, 0.4) is 0 Å². The molecule has 2 N–H and O–H groups in total. The summed E-state index contributed by atoms with van der Waals surface area (Å²) >= 11 is 0. The highest BCUT2D eigenvalue weighted by atomic mass is 16.2. The van der Waals surface area contributed by atoms with Crippen molar-refractivity contribution in [1.29, 1.82) is 0 Å². The maximum atomic E-state index is 12.2. The summed E-state index contributed by atoms with van der Waals surface area (Å²) in [6.45, 7) is 6.52. The first kappa shape index (κ1) is 15.0. The third-order valence-electron chi connectivity index (χ3n) is 3.95. The normalized spacial score (nSPS) is 19.2. The summed E-state index contributed by atoms with van der Waals surface area (Å²) in [6, 6.07) is 6.63. The topological polar surface area (TPSA) is 44.4 Å². The molecule has 0 radical (unpaired) electrons. The summed E-state index contributed by atoms with van der Waals surface area (Å²) in [6.07, 6.45) is 2.36. The molecule has 2 rings (SSSR count). The summed E-state index contributed by atoms with van der Waals surface area (Å²) in [4.78, 5) is 14.5. The van der Waals surface area contributed by atoms with Crippen LogP contribution in [0.4, 0.5) is 5.69 Å². The van der Waals surface area contributed by atoms with Crippen molar-refractivity contribution in [2.24, 2.45) is 0 Å². The Balaban J connectivity index is 1.93. The number of hydrogen-bond donors (Lipinski definition) is 2. The number of nitrogens with one attached hydrogen (secondary N) is 2. The lowest BCUT2D eigenvalue weighted by Crippen LogP contribution is -2.41. The number of amides is 1. The molecule has 1 fully saturated rings. The average molecular weight is 275 g/mol. The Morgan fingerprint density at radius 1 is 1.40 bits per heavy atom. The van der Waals surface area contributed by atoms with Crippen LogP contribution in [0.25, 0.3) is 0 Å². The number of rotatable bonds is 5. The van der Waals surface area contributed by atoms with Gasteiger partial charge in [0.25, 0.3) is 0 Å². The molecule has 110 valence electrons. The van der Waals surface area contributed by atoms with E-state index in [4.69, 9.17) is 0 Å². The Kier molecular flexibility index (Phi) is 5.15. The van der Waals surface area contributed by atoms with E-state index in [9.17, 15) is 4.79 Å². The lowest BCUT2D eigenvalue weighted by atomic mass is 10.1. The molecule has 20 heavy (non-hydrogen) atoms. The van der Waals surface area contributed by atoms with Gasteiger partial charge in [-0.3, -0.25) is 9.69 Å². The molecule has 1 heterocycles. The van der Waals surface area contributed by atoms with Crippen LogP contribution in [-0.4, -0.2) is 43.5 Å². The highest BCUT2D eigenvalue weighted by Crippen LogP contribution is 2.18. The minimum Gasteiger partial charge on any atom is -0.325 e. The summed E-state index contributed by atoms with van der Waals surface area (Å²) in [5.74, 6) is 0.0849. The van der Waals surface area contributed by atoms with Crippen LogP contribution in [0.15, 0.2) is 18.2 Å². The Labute approximate surface area is 121 Å². The van der Waals surface area contributed by atoms with E-state index in [0.29, 0.717) is 12.6 Å². The predicted molar refractivity (Wildman–Crippen MR) is 83.1 cm³/mol. The van der Waals surface area contributed by atoms with Crippen LogP contribution in [0.5, 0.6) is 0 Å². The molecule has 1 atom stereocenters. The van der Waals surface area contributed by atoms with Gasteiger partial charge < -0.3 is 10.6 Å². The van der Waals surface area contributed by atoms with Crippen LogP contribution < -0.4 is 10.6 Å². The fraction of sp³-hybridized carbons (Fsp3) is 0.562. The van der Waals surface area contributed by atoms with E-state index < -0.39 is 0 Å². The lowest BCUT2D eigenvalue weighted by Gasteiger charge is -2.23. The number of aryl methyl sites for hydroxylation is 2. The predicted octanol–water partition coefficient (Wildman–Crippen LogP) is 1.93. The van der Waals surface area contributed by atoms with Gasteiger partial charge in [-0.25, -0.2) is 0 Å². The van der Waals surface area contributed by atoms with Crippen molar-refractivity contribution >= 4 is 11.6 Å². The van der Waals surface area contributed by atoms with Crippen molar-refractivity contribution in [2.45, 2.75) is 32.7 Å². The second kappa shape index (κ2) is 6.86. The number of likely N-dealkylation sites (N-methyl/N-ethyl adjacent to an activating group) is 1. The molecule has 1 aromatic rings. The van der Waals surface area contributed by atoms with Crippen molar-refractivity contribution in [3.63, 3.8) is 0 Å². The number of benzene rings is 1. The summed E-state index contributed by atoms with van der Waals surface area (Å²) in [5, 5.41) is 6.25. The standard InChI is InChI=1S/C16H25N3O/c1-12-6-7-13(2)15(9-12)18-16(20)11-19-8-4-5-14(19)10-17-3/h6-7,9,14,17H,4-5,8,10-11H2,1-3H3,(H,18,20). The lowest BCUT2D eigenvalue weighted by molar-refractivity contribution is -0.117. The fourth-order valence-electron chi connectivity index (χ4n) is 2.81. The molecular weight excluding hydrogens is 250 g/mol. The zero-order valence-corrected chi connectivity index (χ0v) is 12.7. The maximum absolute atomic E-state index is 12.2. The average Bonchev–Trinajstić information content (AvgIpc) is 2.82. The van der Waals surface area contributed by atoms with Crippen molar-refractivity contribution in [3.8, 4) is 0 Å². The Hall–Kier alpha value is -1.39. The van der Waals surface area contributed by atoms with Gasteiger partial charge >= 0.3 is 0 Å². The van der Waals surface area contributed by atoms with Gasteiger partial charge in [-0.2, -0.15) is 0 Å². The summed E-state index contributed by atoms with van der Waals surface area (Å²) in [5.41, 5.74) is 3.21. The largest absolute Gasteiger partial charge is 0.325 e. The molecule has 0 aliphatic carbocycles. The smallest absolute Gasteiger partial charge is 0.238 e. The van der Waals surface area contributed by atoms with Crippen LogP contribution in [-0.2, 0) is 4.79 Å². The molecule has 0 aromatic heterocycles. The zero-order chi connectivity index (χ0) is 14.5. The van der Waals surface area contributed by atoms with E-state index in [1.807, 2.05) is 33.0 Å². The molecule has 0 saturated carbocycles. The number of likely N-dealkylation sites (tertiary alicyclic amines) is 1. The van der Waals surface area contributed by atoms with Crippen molar-refractivity contribution in [2.75, 3.05) is 32.0 Å². The first-order chi connectivity index (χ1) is 9.60. The number of nitrogens with zero attached hydrogens (tertiary/aromatic N) is 1. The van der Waals surface area contributed by atoms with Crippen LogP contribution in [0.2, 0.25) is 0 Å². The number of anilines is 1. The minimum atomic E-state index is 0.0849. The van der Waals surface area contributed by atoms with Gasteiger partial charge in [0.15, 0.2) is 0 Å². The van der Waals surface area contributed by atoms with E-state index in [0.717, 1.165) is 24.3 Å². The molecule has 4 heteroatoms. The molecule has 1 saturated heterocycles. The van der Waals surface area contributed by atoms with Crippen molar-refractivity contribution < 1.29 is 4.79 Å². The van der Waals surface area contributed by atoms with Gasteiger partial charge in [0.1, 0.15) is 0 Å². The number of carbonyl (C=O) groups is 1. The first-order valence-electron chi connectivity index (χ1n) is 7.36. The molecule has 1 unspecified atom stereocenters. The van der Waals surface area contributed by atoms with E-state index in [1.165, 1.54) is 18.4 Å². The highest BCUT2D eigenvalue weighted by molar-refractivity contribution is 5.93. The zero-order valence-electron chi connectivity index (χ0n) is 12.7. The van der Waals surface area contributed by atoms with Gasteiger partial charge in [-0.15, -0.1) is 0 Å². The second-order valence-corrected chi connectivity index (χ2v) is 5.69. The van der Waals surface area contributed by atoms with Gasteiger partial charge in [0, 0.05) is 18.3 Å². The highest BCUT2D eigenvalue weighted by Gasteiger charge is 2.25. The summed E-state index contributed by atoms with van der Waals surface area (Å²) in [7, 11) is 1.96. The van der Waals surface area contributed by atoms with Gasteiger partial charge in [0.2, 0.25) is 5.91 Å². The third kappa shape index (κ3) is 3.81. The molecule has 1 aromatic carbocycles. The number of carbonyl (C=O) groups excluding carboxylic acids is 1. The number of hydrogen-bond acceptors (Lipinski definition) is 3. The van der Waals surface area contributed by atoms with Gasteiger partial charge in [-0.1, -0.05) is 12.1 Å². The first-order valence-corrected chi connectivity index (χ1v) is 7.36. The Bertz CT molecular complexity index is 473. The molecule has 0 bridgehead atoms. The molecule has 1 aliphatic heterocycles. The van der Waals surface area contributed by atoms with Crippen molar-refractivity contribution in [3.05, 3.63) is 29.3 Å². The van der Waals surface area contributed by atoms with E-state index in [1.54, 1.807) is 0 Å². The third-order valence-corrected chi connectivity index (χ3v) is 3.95. The molecule has 1 aliphatic rings. The SMILES string of the molecule is CNCC1CCCN1CC(=O)Nc1cc(C)ccc1C. The molecule has 0 spiro atoms. The quantitative estimate of drug-likeness (QED) is 0.863. The molecule has 4 nitrogen and oxygen atoms in total. The minimum absolute atomic E-state index is 0.0849. The van der Waals surface area contributed by atoms with E-state index >= 15 is 0 Å². The van der Waals surface area contributed by atoms with Crippen LogP contribution in [0.1, 0.15) is 24.0 Å². The van der Waals surface area contributed by atoms with E-state index in [-0.39, 0.29) is 5.91 Å². The summed E-state index contributed by atoms with van der Waals surface area (Å²) < 4.78 is 0. The molecule has 1 amide bonds. The second-order valence-electron chi connectivity index (χ2n) is 5.69. The fourth-order valence-corrected chi connectivity index (χ4v) is 2.81. The maximum Gasteiger partial charge on any atom is 0.238 e.